The molecular formula is C14H19N5. The standard InChI is InChI=1S/C14H19N5/c1-11-13(18-10-17-11)9-16-12-5-4-6-15-14(12)19-7-2-3-8-19/h4-6,10,16H,2-3,7-9H2,1H3,(H,17,18). The van der Waals surface area contributed by atoms with Gasteiger partial charge in [-0.05, 0) is 31.9 Å². The van der Waals surface area contributed by atoms with Crippen LogP contribution >= 0.6 is 0 Å². The Hall–Kier alpha value is -2.04. The van der Waals surface area contributed by atoms with Crippen LogP contribution in [0.5, 0.6) is 0 Å². The molecule has 19 heavy (non-hydrogen) atoms. The summed E-state index contributed by atoms with van der Waals surface area (Å²) in [4.78, 5) is 14.3. The number of hydrogen-bond donors (Lipinski definition) is 2. The Bertz CT molecular complexity index is 542. The van der Waals surface area contributed by atoms with Gasteiger partial charge < -0.3 is 15.2 Å². The van der Waals surface area contributed by atoms with Gasteiger partial charge in [0.15, 0.2) is 5.82 Å². The maximum atomic E-state index is 4.52. The third-order valence-electron chi connectivity index (χ3n) is 3.57. The van der Waals surface area contributed by atoms with E-state index in [-0.39, 0.29) is 0 Å². The SMILES string of the molecule is Cc1[nH]cnc1CNc1cccnc1N1CCCC1. The Kier molecular flexibility index (Phi) is 3.35. The van der Waals surface area contributed by atoms with Crippen molar-refractivity contribution >= 4 is 11.5 Å². The highest BCUT2D eigenvalue weighted by Gasteiger charge is 2.16. The van der Waals surface area contributed by atoms with Crippen LogP contribution in [0.2, 0.25) is 0 Å². The van der Waals surface area contributed by atoms with Crippen molar-refractivity contribution in [2.24, 2.45) is 0 Å². The van der Waals surface area contributed by atoms with E-state index >= 15 is 0 Å². The molecule has 1 fully saturated rings. The summed E-state index contributed by atoms with van der Waals surface area (Å²) in [5.41, 5.74) is 3.25. The van der Waals surface area contributed by atoms with E-state index in [4.69, 9.17) is 0 Å². The fourth-order valence-electron chi connectivity index (χ4n) is 2.46. The maximum Gasteiger partial charge on any atom is 0.151 e. The minimum Gasteiger partial charge on any atom is -0.376 e. The molecule has 0 aromatic carbocycles. The number of aromatic amines is 1. The van der Waals surface area contributed by atoms with Gasteiger partial charge in [-0.2, -0.15) is 0 Å². The van der Waals surface area contributed by atoms with Crippen molar-refractivity contribution in [3.8, 4) is 0 Å². The van der Waals surface area contributed by atoms with Crippen LogP contribution in [0.3, 0.4) is 0 Å². The molecule has 5 nitrogen and oxygen atoms in total. The van der Waals surface area contributed by atoms with Crippen LogP contribution in [0, 0.1) is 6.92 Å². The second-order valence-electron chi connectivity index (χ2n) is 4.90. The molecule has 1 aliphatic rings. The molecule has 0 amide bonds. The molecule has 100 valence electrons. The van der Waals surface area contributed by atoms with Gasteiger partial charge in [0.1, 0.15) is 0 Å². The van der Waals surface area contributed by atoms with Crippen molar-refractivity contribution in [1.82, 2.24) is 15.0 Å². The number of rotatable bonds is 4. The van der Waals surface area contributed by atoms with Gasteiger partial charge in [-0.15, -0.1) is 0 Å². The van der Waals surface area contributed by atoms with Crippen LogP contribution in [-0.4, -0.2) is 28.0 Å². The van der Waals surface area contributed by atoms with Crippen LogP contribution in [0.15, 0.2) is 24.7 Å². The zero-order valence-corrected chi connectivity index (χ0v) is 11.2. The van der Waals surface area contributed by atoms with Crippen molar-refractivity contribution in [2.45, 2.75) is 26.3 Å². The zero-order valence-electron chi connectivity index (χ0n) is 11.2. The number of pyridine rings is 1. The zero-order chi connectivity index (χ0) is 13.1. The molecule has 0 spiro atoms. The Morgan fingerprint density at radius 3 is 2.89 bits per heavy atom. The van der Waals surface area contributed by atoms with Crippen LogP contribution in [0.25, 0.3) is 0 Å². The fraction of sp³-hybridized carbons (Fsp3) is 0.429. The largest absolute Gasteiger partial charge is 0.376 e. The van der Waals surface area contributed by atoms with E-state index in [2.05, 4.69) is 31.2 Å². The van der Waals surface area contributed by atoms with Crippen molar-refractivity contribution in [1.29, 1.82) is 0 Å². The summed E-state index contributed by atoms with van der Waals surface area (Å²) in [5.74, 6) is 1.06. The van der Waals surface area contributed by atoms with E-state index in [9.17, 15) is 0 Å². The summed E-state index contributed by atoms with van der Waals surface area (Å²) in [7, 11) is 0. The van der Waals surface area contributed by atoms with Crippen molar-refractivity contribution in [2.75, 3.05) is 23.3 Å². The van der Waals surface area contributed by atoms with E-state index < -0.39 is 0 Å². The predicted molar refractivity (Wildman–Crippen MR) is 76.3 cm³/mol. The molecule has 0 atom stereocenters. The highest BCUT2D eigenvalue weighted by atomic mass is 15.2. The van der Waals surface area contributed by atoms with Crippen LogP contribution in [-0.2, 0) is 6.54 Å². The molecule has 3 rings (SSSR count). The number of imidazole rings is 1. The molecule has 0 saturated carbocycles. The fourth-order valence-corrected chi connectivity index (χ4v) is 2.46. The molecule has 1 aliphatic heterocycles. The van der Waals surface area contributed by atoms with Gasteiger partial charge in [0.25, 0.3) is 0 Å². The lowest BCUT2D eigenvalue weighted by Crippen LogP contribution is -2.20. The second-order valence-corrected chi connectivity index (χ2v) is 4.90. The first kappa shape index (κ1) is 12.0. The molecule has 0 radical (unpaired) electrons. The molecule has 2 N–H and O–H groups in total. The Balaban J connectivity index is 1.75. The monoisotopic (exact) mass is 257 g/mol. The van der Waals surface area contributed by atoms with E-state index in [0.717, 1.165) is 42.5 Å². The lowest BCUT2D eigenvalue weighted by Gasteiger charge is -2.20. The number of nitrogens with zero attached hydrogens (tertiary/aromatic N) is 3. The number of nitrogens with one attached hydrogen (secondary N) is 2. The van der Waals surface area contributed by atoms with Gasteiger partial charge in [-0.25, -0.2) is 9.97 Å². The third-order valence-corrected chi connectivity index (χ3v) is 3.57. The van der Waals surface area contributed by atoms with Gasteiger partial charge in [0.05, 0.1) is 24.3 Å². The maximum absolute atomic E-state index is 4.52. The van der Waals surface area contributed by atoms with Gasteiger partial charge in [-0.3, -0.25) is 0 Å². The molecule has 2 aromatic rings. The van der Waals surface area contributed by atoms with Crippen molar-refractivity contribution in [3.05, 3.63) is 36.0 Å². The van der Waals surface area contributed by atoms with Crippen LogP contribution < -0.4 is 10.2 Å². The first-order valence-corrected chi connectivity index (χ1v) is 6.77. The number of hydrogen-bond acceptors (Lipinski definition) is 4. The highest BCUT2D eigenvalue weighted by molar-refractivity contribution is 5.65. The Morgan fingerprint density at radius 1 is 1.32 bits per heavy atom. The number of anilines is 2. The van der Waals surface area contributed by atoms with Gasteiger partial charge >= 0.3 is 0 Å². The molecule has 0 bridgehead atoms. The average molecular weight is 257 g/mol. The molecule has 5 heteroatoms. The van der Waals surface area contributed by atoms with Gasteiger partial charge in [0, 0.05) is 25.0 Å². The molecule has 0 aliphatic carbocycles. The number of aryl methyl sites for hydroxylation is 1. The summed E-state index contributed by atoms with van der Waals surface area (Å²) in [6.07, 6.45) is 6.11. The minimum absolute atomic E-state index is 0.724. The second kappa shape index (κ2) is 5.30. The van der Waals surface area contributed by atoms with Gasteiger partial charge in [-0.1, -0.05) is 0 Å². The summed E-state index contributed by atoms with van der Waals surface area (Å²) >= 11 is 0. The molecule has 3 heterocycles. The van der Waals surface area contributed by atoms with E-state index in [1.165, 1.54) is 12.8 Å². The molecule has 2 aromatic heterocycles. The smallest absolute Gasteiger partial charge is 0.151 e. The van der Waals surface area contributed by atoms with E-state index in [1.54, 1.807) is 6.33 Å². The lowest BCUT2D eigenvalue weighted by molar-refractivity contribution is 0.932. The number of H-pyrrole nitrogens is 1. The first-order chi connectivity index (χ1) is 9.34. The van der Waals surface area contributed by atoms with E-state index in [1.807, 2.05) is 19.2 Å². The van der Waals surface area contributed by atoms with Crippen molar-refractivity contribution in [3.63, 3.8) is 0 Å². The molecule has 1 saturated heterocycles. The summed E-state index contributed by atoms with van der Waals surface area (Å²) in [6, 6.07) is 4.06. The summed E-state index contributed by atoms with van der Waals surface area (Å²) < 4.78 is 0. The molecular weight excluding hydrogens is 238 g/mol. The predicted octanol–water partition coefficient (Wildman–Crippen LogP) is 2.33. The minimum atomic E-state index is 0.724. The van der Waals surface area contributed by atoms with Crippen molar-refractivity contribution < 1.29 is 0 Å². The van der Waals surface area contributed by atoms with Crippen LogP contribution in [0.1, 0.15) is 24.2 Å². The quantitative estimate of drug-likeness (QED) is 0.882. The first-order valence-electron chi connectivity index (χ1n) is 6.77. The summed E-state index contributed by atoms with van der Waals surface area (Å²) in [5, 5.41) is 3.45. The topological polar surface area (TPSA) is 56.8 Å². The Morgan fingerprint density at radius 2 is 2.16 bits per heavy atom. The number of aromatic nitrogens is 3. The summed E-state index contributed by atoms with van der Waals surface area (Å²) in [6.45, 7) is 4.97. The molecule has 0 unspecified atom stereocenters. The van der Waals surface area contributed by atoms with E-state index in [0.29, 0.717) is 0 Å². The highest BCUT2D eigenvalue weighted by Crippen LogP contribution is 2.26. The normalized spacial score (nSPS) is 14.9. The lowest BCUT2D eigenvalue weighted by atomic mass is 10.3. The Labute approximate surface area is 113 Å². The third kappa shape index (κ3) is 2.54. The van der Waals surface area contributed by atoms with Crippen LogP contribution in [0.4, 0.5) is 11.5 Å². The van der Waals surface area contributed by atoms with Gasteiger partial charge in [0.2, 0.25) is 0 Å². The average Bonchev–Trinajstić information content (AvgIpc) is 3.08.